The second-order valence-corrected chi connectivity index (χ2v) is 6.29. The molecule has 1 fully saturated rings. The molecule has 3 unspecified atom stereocenters. The van der Waals surface area contributed by atoms with Crippen molar-refractivity contribution in [1.29, 1.82) is 0 Å². The zero-order chi connectivity index (χ0) is 14.7. The molecule has 0 saturated heterocycles. The predicted octanol–water partition coefficient (Wildman–Crippen LogP) is 2.81. The van der Waals surface area contributed by atoms with Crippen molar-refractivity contribution in [3.05, 3.63) is 34.3 Å². The number of carboxylic acids is 1. The Morgan fingerprint density at radius 3 is 2.60 bits per heavy atom. The molecular weight excluding hydrogens is 322 g/mol. The van der Waals surface area contributed by atoms with Crippen LogP contribution in [0.2, 0.25) is 0 Å². The Hall–Kier alpha value is -1.36. The molecule has 20 heavy (non-hydrogen) atoms. The van der Waals surface area contributed by atoms with E-state index < -0.39 is 17.8 Å². The van der Waals surface area contributed by atoms with Gasteiger partial charge in [0.05, 0.1) is 11.8 Å². The molecule has 1 aliphatic carbocycles. The molecule has 0 bridgehead atoms. The van der Waals surface area contributed by atoms with Crippen molar-refractivity contribution in [2.24, 2.45) is 17.8 Å². The Labute approximate surface area is 126 Å². The maximum Gasteiger partial charge on any atom is 0.307 e. The minimum Gasteiger partial charge on any atom is -0.481 e. The number of halogens is 1. The Balaban J connectivity index is 1.98. The highest BCUT2D eigenvalue weighted by Crippen LogP contribution is 2.36. The van der Waals surface area contributed by atoms with Gasteiger partial charge in [0.25, 0.3) is 0 Å². The topological polar surface area (TPSA) is 66.4 Å². The summed E-state index contributed by atoms with van der Waals surface area (Å²) < 4.78 is 0.940. The van der Waals surface area contributed by atoms with E-state index in [0.717, 1.165) is 10.0 Å². The predicted molar refractivity (Wildman–Crippen MR) is 79.0 cm³/mol. The summed E-state index contributed by atoms with van der Waals surface area (Å²) in [6, 6.07) is 7.66. The third-order valence-electron chi connectivity index (χ3n) is 3.86. The van der Waals surface area contributed by atoms with Gasteiger partial charge in [-0.05, 0) is 30.4 Å². The Bertz CT molecular complexity index is 518. The summed E-state index contributed by atoms with van der Waals surface area (Å²) in [6.45, 7) is 2.41. The van der Waals surface area contributed by atoms with Crippen molar-refractivity contribution in [1.82, 2.24) is 5.32 Å². The molecule has 4 nitrogen and oxygen atoms in total. The minimum atomic E-state index is -0.865. The Morgan fingerprint density at radius 2 is 1.95 bits per heavy atom. The van der Waals surface area contributed by atoms with Gasteiger partial charge in [0.1, 0.15) is 0 Å². The lowest BCUT2D eigenvalue weighted by Crippen LogP contribution is -2.35. The summed E-state index contributed by atoms with van der Waals surface area (Å²) in [5.41, 5.74) is 0.985. The van der Waals surface area contributed by atoms with Crippen molar-refractivity contribution >= 4 is 27.8 Å². The van der Waals surface area contributed by atoms with E-state index in [1.165, 1.54) is 0 Å². The molecule has 1 aliphatic rings. The van der Waals surface area contributed by atoms with Crippen molar-refractivity contribution in [2.45, 2.75) is 26.3 Å². The molecule has 1 saturated carbocycles. The molecule has 0 aromatic heterocycles. The summed E-state index contributed by atoms with van der Waals surface area (Å²) in [6.07, 6.45) is 1.24. The lowest BCUT2D eigenvalue weighted by Gasteiger charge is -2.16. The summed E-state index contributed by atoms with van der Waals surface area (Å²) in [5, 5.41) is 12.0. The minimum absolute atomic E-state index is 0.155. The van der Waals surface area contributed by atoms with E-state index >= 15 is 0 Å². The summed E-state index contributed by atoms with van der Waals surface area (Å²) in [7, 11) is 0. The average Bonchev–Trinajstić information content (AvgIpc) is 2.80. The number of aliphatic carboxylic acids is 1. The van der Waals surface area contributed by atoms with Gasteiger partial charge in [-0.3, -0.25) is 9.59 Å². The second kappa shape index (κ2) is 6.39. The van der Waals surface area contributed by atoms with E-state index in [0.29, 0.717) is 19.4 Å². The smallest absolute Gasteiger partial charge is 0.307 e. The standard InChI is InChI=1S/C15H18BrNO3/c1-9-6-11(12(7-9)15(19)20)14(18)17-8-10-4-2-3-5-13(10)16/h2-5,9,11-12H,6-8H2,1H3,(H,17,18)(H,19,20). The van der Waals surface area contributed by atoms with Crippen LogP contribution in [-0.4, -0.2) is 17.0 Å². The van der Waals surface area contributed by atoms with Gasteiger partial charge in [-0.1, -0.05) is 41.1 Å². The third-order valence-corrected chi connectivity index (χ3v) is 4.64. The van der Waals surface area contributed by atoms with Crippen molar-refractivity contribution in [2.75, 3.05) is 0 Å². The van der Waals surface area contributed by atoms with Crippen LogP contribution in [0.1, 0.15) is 25.3 Å². The van der Waals surface area contributed by atoms with Gasteiger partial charge < -0.3 is 10.4 Å². The van der Waals surface area contributed by atoms with E-state index in [9.17, 15) is 14.7 Å². The average molecular weight is 340 g/mol. The van der Waals surface area contributed by atoms with E-state index in [4.69, 9.17) is 0 Å². The molecule has 5 heteroatoms. The number of rotatable bonds is 4. The largest absolute Gasteiger partial charge is 0.481 e. The van der Waals surface area contributed by atoms with Gasteiger partial charge >= 0.3 is 5.97 Å². The number of nitrogens with one attached hydrogen (secondary N) is 1. The van der Waals surface area contributed by atoms with Gasteiger partial charge in [0, 0.05) is 11.0 Å². The molecule has 0 spiro atoms. The second-order valence-electron chi connectivity index (χ2n) is 5.44. The van der Waals surface area contributed by atoms with Gasteiger partial charge in [-0.2, -0.15) is 0 Å². The third kappa shape index (κ3) is 3.39. The number of carbonyl (C=O) groups excluding carboxylic acids is 1. The Morgan fingerprint density at radius 1 is 1.30 bits per heavy atom. The number of amides is 1. The number of carboxylic acid groups (broad SMARTS) is 1. The van der Waals surface area contributed by atoms with Crippen LogP contribution < -0.4 is 5.32 Å². The molecule has 0 heterocycles. The maximum absolute atomic E-state index is 12.2. The summed E-state index contributed by atoms with van der Waals surface area (Å²) in [4.78, 5) is 23.4. The lowest BCUT2D eigenvalue weighted by molar-refractivity contribution is -0.146. The Kier molecular flexibility index (Phi) is 4.81. The molecule has 1 aromatic carbocycles. The van der Waals surface area contributed by atoms with Crippen LogP contribution in [0.15, 0.2) is 28.7 Å². The van der Waals surface area contributed by atoms with E-state index in [-0.39, 0.29) is 11.8 Å². The SMILES string of the molecule is CC1CC(C(=O)O)C(C(=O)NCc2ccccc2Br)C1. The first-order valence-corrected chi connectivity index (χ1v) is 7.52. The van der Waals surface area contributed by atoms with Crippen molar-refractivity contribution in [3.8, 4) is 0 Å². The molecule has 3 atom stereocenters. The highest BCUT2D eigenvalue weighted by atomic mass is 79.9. The van der Waals surface area contributed by atoms with Crippen molar-refractivity contribution in [3.63, 3.8) is 0 Å². The monoisotopic (exact) mass is 339 g/mol. The number of carbonyl (C=O) groups is 2. The first kappa shape index (κ1) is 15.0. The molecular formula is C15H18BrNO3. The summed E-state index contributed by atoms with van der Waals surface area (Å²) in [5.74, 6) is -1.70. The molecule has 108 valence electrons. The molecule has 0 radical (unpaired) electrons. The van der Waals surface area contributed by atoms with Crippen LogP contribution in [0.5, 0.6) is 0 Å². The fourth-order valence-electron chi connectivity index (χ4n) is 2.81. The van der Waals surface area contributed by atoms with Crippen LogP contribution in [-0.2, 0) is 16.1 Å². The maximum atomic E-state index is 12.2. The molecule has 0 aliphatic heterocycles. The van der Waals surface area contributed by atoms with Gasteiger partial charge in [0.15, 0.2) is 0 Å². The highest BCUT2D eigenvalue weighted by Gasteiger charge is 2.40. The van der Waals surface area contributed by atoms with E-state index in [1.807, 2.05) is 31.2 Å². The number of hydrogen-bond acceptors (Lipinski definition) is 2. The normalized spacial score (nSPS) is 25.4. The van der Waals surface area contributed by atoms with Crippen LogP contribution >= 0.6 is 15.9 Å². The molecule has 2 rings (SSSR count). The van der Waals surface area contributed by atoms with Gasteiger partial charge in [-0.25, -0.2) is 0 Å². The quantitative estimate of drug-likeness (QED) is 0.886. The fourth-order valence-corrected chi connectivity index (χ4v) is 3.23. The zero-order valence-corrected chi connectivity index (χ0v) is 12.9. The summed E-state index contributed by atoms with van der Waals surface area (Å²) >= 11 is 3.43. The number of hydrogen-bond donors (Lipinski definition) is 2. The van der Waals surface area contributed by atoms with Crippen LogP contribution in [0.25, 0.3) is 0 Å². The highest BCUT2D eigenvalue weighted by molar-refractivity contribution is 9.10. The van der Waals surface area contributed by atoms with Crippen molar-refractivity contribution < 1.29 is 14.7 Å². The van der Waals surface area contributed by atoms with Gasteiger partial charge in [0.2, 0.25) is 5.91 Å². The molecule has 1 amide bonds. The fraction of sp³-hybridized carbons (Fsp3) is 0.467. The van der Waals surface area contributed by atoms with E-state index in [2.05, 4.69) is 21.2 Å². The zero-order valence-electron chi connectivity index (χ0n) is 11.3. The number of benzene rings is 1. The molecule has 1 aromatic rings. The van der Waals surface area contributed by atoms with Gasteiger partial charge in [-0.15, -0.1) is 0 Å². The van der Waals surface area contributed by atoms with E-state index in [1.54, 1.807) is 0 Å². The van der Waals surface area contributed by atoms with Crippen LogP contribution in [0, 0.1) is 17.8 Å². The van der Waals surface area contributed by atoms with Crippen LogP contribution in [0.4, 0.5) is 0 Å². The first-order valence-electron chi connectivity index (χ1n) is 6.73. The first-order chi connectivity index (χ1) is 9.49. The molecule has 2 N–H and O–H groups in total. The lowest BCUT2D eigenvalue weighted by atomic mass is 9.95. The van der Waals surface area contributed by atoms with Crippen LogP contribution in [0.3, 0.4) is 0 Å².